The standard InChI is InChI=1S/C19H25N/c1-19(2,20-3)15-14-18(16-10-6-4-7-11-16)17-12-8-5-9-13-17/h4-13,18,20H,14-15H2,1-3H3. The zero-order chi connectivity index (χ0) is 14.4. The predicted molar refractivity (Wildman–Crippen MR) is 87.1 cm³/mol. The van der Waals surface area contributed by atoms with Gasteiger partial charge in [-0.3, -0.25) is 0 Å². The lowest BCUT2D eigenvalue weighted by molar-refractivity contribution is 0.374. The molecule has 106 valence electrons. The summed E-state index contributed by atoms with van der Waals surface area (Å²) in [6, 6.07) is 21.7. The normalized spacial score (nSPS) is 11.8. The Kier molecular flexibility index (Phi) is 4.97. The van der Waals surface area contributed by atoms with E-state index in [0.717, 1.165) is 12.8 Å². The summed E-state index contributed by atoms with van der Waals surface area (Å²) in [7, 11) is 2.04. The van der Waals surface area contributed by atoms with Crippen molar-refractivity contribution in [3.63, 3.8) is 0 Å². The number of rotatable bonds is 6. The Morgan fingerprint density at radius 2 is 1.30 bits per heavy atom. The minimum absolute atomic E-state index is 0.182. The molecule has 0 saturated heterocycles. The van der Waals surface area contributed by atoms with E-state index in [2.05, 4.69) is 79.8 Å². The molecule has 2 aromatic carbocycles. The molecule has 2 aromatic rings. The van der Waals surface area contributed by atoms with Crippen LogP contribution in [0.1, 0.15) is 43.7 Å². The van der Waals surface area contributed by atoms with Gasteiger partial charge in [0, 0.05) is 11.5 Å². The van der Waals surface area contributed by atoms with Crippen molar-refractivity contribution in [2.45, 2.75) is 38.1 Å². The monoisotopic (exact) mass is 267 g/mol. The third-order valence-corrected chi connectivity index (χ3v) is 4.14. The molecule has 0 amide bonds. The fourth-order valence-corrected chi connectivity index (χ4v) is 2.53. The Morgan fingerprint density at radius 3 is 1.70 bits per heavy atom. The molecule has 1 nitrogen and oxygen atoms in total. The largest absolute Gasteiger partial charge is 0.315 e. The fourth-order valence-electron chi connectivity index (χ4n) is 2.53. The molecule has 1 heteroatoms. The molecule has 0 aromatic heterocycles. The van der Waals surface area contributed by atoms with Gasteiger partial charge in [-0.2, -0.15) is 0 Å². The second-order valence-electron chi connectivity index (χ2n) is 6.05. The molecule has 0 aliphatic heterocycles. The number of hydrogen-bond acceptors (Lipinski definition) is 1. The number of nitrogens with one attached hydrogen (secondary N) is 1. The van der Waals surface area contributed by atoms with Crippen LogP contribution in [-0.2, 0) is 0 Å². The Labute approximate surface area is 123 Å². The van der Waals surface area contributed by atoms with Gasteiger partial charge in [-0.15, -0.1) is 0 Å². The van der Waals surface area contributed by atoms with Crippen molar-refractivity contribution < 1.29 is 0 Å². The maximum Gasteiger partial charge on any atom is 0.0122 e. The van der Waals surface area contributed by atoms with Crippen LogP contribution >= 0.6 is 0 Å². The molecule has 0 unspecified atom stereocenters. The van der Waals surface area contributed by atoms with Gasteiger partial charge < -0.3 is 5.32 Å². The average molecular weight is 267 g/mol. The van der Waals surface area contributed by atoms with E-state index in [9.17, 15) is 0 Å². The number of benzene rings is 2. The molecule has 0 saturated carbocycles. The molecular formula is C19H25N. The quantitative estimate of drug-likeness (QED) is 0.806. The van der Waals surface area contributed by atoms with Crippen molar-refractivity contribution in [1.82, 2.24) is 5.32 Å². The van der Waals surface area contributed by atoms with Crippen molar-refractivity contribution >= 4 is 0 Å². The molecule has 20 heavy (non-hydrogen) atoms. The molecule has 0 spiro atoms. The molecule has 0 radical (unpaired) electrons. The first kappa shape index (κ1) is 14.8. The van der Waals surface area contributed by atoms with Gasteiger partial charge in [0.2, 0.25) is 0 Å². The van der Waals surface area contributed by atoms with E-state index in [1.54, 1.807) is 0 Å². The molecule has 0 heterocycles. The summed E-state index contributed by atoms with van der Waals surface area (Å²) in [6.45, 7) is 4.53. The fraction of sp³-hybridized carbons (Fsp3) is 0.368. The third kappa shape index (κ3) is 3.94. The molecular weight excluding hydrogens is 242 g/mol. The zero-order valence-electron chi connectivity index (χ0n) is 12.8. The van der Waals surface area contributed by atoms with Crippen LogP contribution < -0.4 is 5.32 Å². The zero-order valence-corrected chi connectivity index (χ0v) is 12.8. The van der Waals surface area contributed by atoms with E-state index in [0.29, 0.717) is 5.92 Å². The second kappa shape index (κ2) is 6.71. The minimum atomic E-state index is 0.182. The van der Waals surface area contributed by atoms with Gasteiger partial charge in [0.1, 0.15) is 0 Å². The SMILES string of the molecule is CNC(C)(C)CCC(c1ccccc1)c1ccccc1. The van der Waals surface area contributed by atoms with E-state index in [1.165, 1.54) is 11.1 Å². The summed E-state index contributed by atoms with van der Waals surface area (Å²) in [5, 5.41) is 3.40. The summed E-state index contributed by atoms with van der Waals surface area (Å²) in [5.74, 6) is 0.477. The molecule has 0 aliphatic carbocycles. The van der Waals surface area contributed by atoms with Crippen molar-refractivity contribution in [2.24, 2.45) is 0 Å². The van der Waals surface area contributed by atoms with E-state index in [-0.39, 0.29) is 5.54 Å². The second-order valence-corrected chi connectivity index (χ2v) is 6.05. The van der Waals surface area contributed by atoms with Crippen molar-refractivity contribution in [1.29, 1.82) is 0 Å². The predicted octanol–water partition coefficient (Wildman–Crippen LogP) is 4.60. The number of hydrogen-bond donors (Lipinski definition) is 1. The Balaban J connectivity index is 2.22. The van der Waals surface area contributed by atoms with Gasteiger partial charge in [0.25, 0.3) is 0 Å². The van der Waals surface area contributed by atoms with Gasteiger partial charge in [-0.05, 0) is 44.9 Å². The minimum Gasteiger partial charge on any atom is -0.315 e. The topological polar surface area (TPSA) is 12.0 Å². The average Bonchev–Trinajstić information content (AvgIpc) is 2.49. The summed E-state index contributed by atoms with van der Waals surface area (Å²) in [4.78, 5) is 0. The third-order valence-electron chi connectivity index (χ3n) is 4.14. The van der Waals surface area contributed by atoms with Crippen molar-refractivity contribution in [3.05, 3.63) is 71.8 Å². The van der Waals surface area contributed by atoms with Crippen LogP contribution in [-0.4, -0.2) is 12.6 Å². The van der Waals surface area contributed by atoms with Gasteiger partial charge in [0.15, 0.2) is 0 Å². The molecule has 2 rings (SSSR count). The van der Waals surface area contributed by atoms with Crippen molar-refractivity contribution in [3.8, 4) is 0 Å². The Morgan fingerprint density at radius 1 is 0.850 bits per heavy atom. The van der Waals surface area contributed by atoms with Crippen LogP contribution in [0.4, 0.5) is 0 Å². The summed E-state index contributed by atoms with van der Waals surface area (Å²) in [5.41, 5.74) is 3.00. The lowest BCUT2D eigenvalue weighted by Gasteiger charge is -2.27. The first-order valence-corrected chi connectivity index (χ1v) is 7.41. The maximum absolute atomic E-state index is 3.40. The molecule has 0 bridgehead atoms. The molecule has 0 fully saturated rings. The van der Waals surface area contributed by atoms with Crippen LogP contribution in [0.3, 0.4) is 0 Å². The summed E-state index contributed by atoms with van der Waals surface area (Å²) in [6.07, 6.45) is 2.31. The Bertz CT molecular complexity index is 462. The van der Waals surface area contributed by atoms with Crippen LogP contribution in [0.5, 0.6) is 0 Å². The van der Waals surface area contributed by atoms with Gasteiger partial charge in [0.05, 0.1) is 0 Å². The molecule has 1 N–H and O–H groups in total. The molecule has 0 aliphatic rings. The van der Waals surface area contributed by atoms with Crippen LogP contribution in [0.15, 0.2) is 60.7 Å². The lowest BCUT2D eigenvalue weighted by atomic mass is 9.84. The highest BCUT2D eigenvalue weighted by molar-refractivity contribution is 5.32. The highest BCUT2D eigenvalue weighted by atomic mass is 14.9. The maximum atomic E-state index is 3.40. The first-order valence-electron chi connectivity index (χ1n) is 7.41. The highest BCUT2D eigenvalue weighted by Gasteiger charge is 2.20. The van der Waals surface area contributed by atoms with Crippen molar-refractivity contribution in [2.75, 3.05) is 7.05 Å². The summed E-state index contributed by atoms with van der Waals surface area (Å²) >= 11 is 0. The van der Waals surface area contributed by atoms with Crippen LogP contribution in [0.2, 0.25) is 0 Å². The van der Waals surface area contributed by atoms with E-state index in [1.807, 2.05) is 7.05 Å². The summed E-state index contributed by atoms with van der Waals surface area (Å²) < 4.78 is 0. The van der Waals surface area contributed by atoms with E-state index < -0.39 is 0 Å². The van der Waals surface area contributed by atoms with E-state index >= 15 is 0 Å². The highest BCUT2D eigenvalue weighted by Crippen LogP contribution is 2.31. The lowest BCUT2D eigenvalue weighted by Crippen LogP contribution is -2.36. The van der Waals surface area contributed by atoms with Gasteiger partial charge in [-0.25, -0.2) is 0 Å². The smallest absolute Gasteiger partial charge is 0.0122 e. The van der Waals surface area contributed by atoms with E-state index in [4.69, 9.17) is 0 Å². The van der Waals surface area contributed by atoms with Gasteiger partial charge in [-0.1, -0.05) is 60.7 Å². The van der Waals surface area contributed by atoms with Gasteiger partial charge >= 0.3 is 0 Å². The Hall–Kier alpha value is -1.60. The first-order chi connectivity index (χ1) is 9.62. The van der Waals surface area contributed by atoms with Crippen LogP contribution in [0, 0.1) is 0 Å². The molecule has 0 atom stereocenters. The van der Waals surface area contributed by atoms with Crippen LogP contribution in [0.25, 0.3) is 0 Å².